The number of likely N-dealkylation sites (N-methyl/N-ethyl adjacent to an activating group) is 1. The minimum absolute atomic E-state index is 0.221. The molecular weight excluding hydrogens is 238 g/mol. The first-order chi connectivity index (χ1) is 9.13. The van der Waals surface area contributed by atoms with Crippen LogP contribution in [0.2, 0.25) is 0 Å². The quantitative estimate of drug-likeness (QED) is 0.886. The predicted molar refractivity (Wildman–Crippen MR) is 74.9 cm³/mol. The lowest BCUT2D eigenvalue weighted by atomic mass is 9.99. The molecule has 2 aromatic heterocycles. The molecule has 0 bridgehead atoms. The second kappa shape index (κ2) is 5.93. The lowest BCUT2D eigenvalue weighted by molar-refractivity contribution is 0.566. The number of aromatic nitrogens is 4. The van der Waals surface area contributed by atoms with Crippen molar-refractivity contribution in [3.63, 3.8) is 0 Å². The molecule has 0 radical (unpaired) electrons. The molecule has 0 fully saturated rings. The van der Waals surface area contributed by atoms with E-state index in [2.05, 4.69) is 39.7 Å². The maximum absolute atomic E-state index is 4.44. The van der Waals surface area contributed by atoms with Crippen molar-refractivity contribution in [2.75, 3.05) is 7.05 Å². The van der Waals surface area contributed by atoms with Crippen molar-refractivity contribution in [3.8, 4) is 0 Å². The van der Waals surface area contributed by atoms with Gasteiger partial charge >= 0.3 is 0 Å². The Morgan fingerprint density at radius 2 is 2.16 bits per heavy atom. The van der Waals surface area contributed by atoms with Crippen LogP contribution in [-0.2, 0) is 19.9 Å². The lowest BCUT2D eigenvalue weighted by Gasteiger charge is -2.18. The van der Waals surface area contributed by atoms with Crippen LogP contribution in [0.15, 0.2) is 18.3 Å². The van der Waals surface area contributed by atoms with Crippen molar-refractivity contribution in [2.45, 2.75) is 32.7 Å². The third-order valence-electron chi connectivity index (χ3n) is 3.27. The molecule has 2 rings (SSSR count). The van der Waals surface area contributed by atoms with E-state index in [9.17, 15) is 0 Å². The summed E-state index contributed by atoms with van der Waals surface area (Å²) >= 11 is 0. The summed E-state index contributed by atoms with van der Waals surface area (Å²) in [7, 11) is 3.91. The average molecular weight is 259 g/mol. The number of nitrogens with zero attached hydrogens (tertiary/aromatic N) is 4. The van der Waals surface area contributed by atoms with E-state index >= 15 is 0 Å². The molecule has 0 aliphatic heterocycles. The van der Waals surface area contributed by atoms with Gasteiger partial charge in [-0.15, -0.1) is 0 Å². The fourth-order valence-electron chi connectivity index (χ4n) is 2.26. The summed E-state index contributed by atoms with van der Waals surface area (Å²) in [5.41, 5.74) is 4.32. The molecule has 1 N–H and O–H groups in total. The molecule has 102 valence electrons. The average Bonchev–Trinajstić information content (AvgIpc) is 2.81. The van der Waals surface area contributed by atoms with Gasteiger partial charge in [0.1, 0.15) is 0 Å². The molecule has 5 heteroatoms. The predicted octanol–water partition coefficient (Wildman–Crippen LogP) is 1.58. The van der Waals surface area contributed by atoms with Gasteiger partial charge in [0, 0.05) is 25.7 Å². The van der Waals surface area contributed by atoms with Gasteiger partial charge in [-0.1, -0.05) is 6.92 Å². The molecular formula is C14H21N5. The van der Waals surface area contributed by atoms with Crippen LogP contribution in [0.4, 0.5) is 0 Å². The molecule has 0 saturated heterocycles. The van der Waals surface area contributed by atoms with Gasteiger partial charge in [-0.3, -0.25) is 4.68 Å². The number of aryl methyl sites for hydroxylation is 3. The second-order valence-electron chi connectivity index (χ2n) is 4.77. The summed E-state index contributed by atoms with van der Waals surface area (Å²) in [6, 6.07) is 4.40. The van der Waals surface area contributed by atoms with E-state index in [1.807, 2.05) is 31.9 Å². The monoisotopic (exact) mass is 259 g/mol. The third kappa shape index (κ3) is 3.17. The van der Waals surface area contributed by atoms with Crippen LogP contribution in [-0.4, -0.2) is 27.0 Å². The molecule has 0 aliphatic carbocycles. The summed E-state index contributed by atoms with van der Waals surface area (Å²) in [6.45, 7) is 4.08. The summed E-state index contributed by atoms with van der Waals surface area (Å²) in [5.74, 6) is 0. The van der Waals surface area contributed by atoms with Gasteiger partial charge in [-0.05, 0) is 38.1 Å². The first-order valence-electron chi connectivity index (χ1n) is 6.63. The third-order valence-corrected chi connectivity index (χ3v) is 3.27. The Morgan fingerprint density at radius 1 is 1.37 bits per heavy atom. The van der Waals surface area contributed by atoms with Crippen LogP contribution in [0, 0.1) is 6.92 Å². The van der Waals surface area contributed by atoms with Crippen molar-refractivity contribution in [2.24, 2.45) is 7.05 Å². The molecule has 5 nitrogen and oxygen atoms in total. The minimum Gasteiger partial charge on any atom is -0.313 e. The fraction of sp³-hybridized carbons (Fsp3) is 0.500. The fourth-order valence-corrected chi connectivity index (χ4v) is 2.26. The Labute approximate surface area is 114 Å². The SMILES string of the molecule is CCc1nnc(C)cc1C(Cc1ccn(C)n1)NC. The topological polar surface area (TPSA) is 55.6 Å². The molecule has 19 heavy (non-hydrogen) atoms. The van der Waals surface area contributed by atoms with Crippen molar-refractivity contribution >= 4 is 0 Å². The molecule has 2 heterocycles. The van der Waals surface area contributed by atoms with Crippen LogP contribution in [0.3, 0.4) is 0 Å². The largest absolute Gasteiger partial charge is 0.313 e. The zero-order chi connectivity index (χ0) is 13.8. The van der Waals surface area contributed by atoms with Crippen LogP contribution in [0.5, 0.6) is 0 Å². The zero-order valence-corrected chi connectivity index (χ0v) is 12.0. The van der Waals surface area contributed by atoms with Gasteiger partial charge < -0.3 is 5.32 Å². The Kier molecular flexibility index (Phi) is 4.27. The standard InChI is InChI=1S/C14H21N5/c1-5-13-12(8-10(2)16-17-13)14(15-3)9-11-6-7-19(4)18-11/h6-8,14-15H,5,9H2,1-4H3. The molecule has 0 amide bonds. The van der Waals surface area contributed by atoms with Gasteiger partial charge in [-0.2, -0.15) is 15.3 Å². The summed E-state index contributed by atoms with van der Waals surface area (Å²) in [5, 5.41) is 16.2. The Morgan fingerprint density at radius 3 is 2.74 bits per heavy atom. The smallest absolute Gasteiger partial charge is 0.0676 e. The highest BCUT2D eigenvalue weighted by Crippen LogP contribution is 2.20. The first-order valence-corrected chi connectivity index (χ1v) is 6.63. The highest BCUT2D eigenvalue weighted by Gasteiger charge is 2.16. The maximum atomic E-state index is 4.44. The van der Waals surface area contributed by atoms with E-state index in [1.165, 1.54) is 5.56 Å². The van der Waals surface area contributed by atoms with Gasteiger partial charge in [-0.25, -0.2) is 0 Å². The number of rotatable bonds is 5. The number of nitrogens with one attached hydrogen (secondary N) is 1. The first kappa shape index (κ1) is 13.7. The van der Waals surface area contributed by atoms with E-state index < -0.39 is 0 Å². The minimum atomic E-state index is 0.221. The van der Waals surface area contributed by atoms with E-state index in [0.717, 1.165) is 29.9 Å². The van der Waals surface area contributed by atoms with E-state index in [0.29, 0.717) is 0 Å². The van der Waals surface area contributed by atoms with Gasteiger partial charge in [0.15, 0.2) is 0 Å². The van der Waals surface area contributed by atoms with E-state index in [-0.39, 0.29) is 6.04 Å². The Balaban J connectivity index is 2.28. The molecule has 1 atom stereocenters. The van der Waals surface area contributed by atoms with Crippen LogP contribution >= 0.6 is 0 Å². The lowest BCUT2D eigenvalue weighted by Crippen LogP contribution is -2.21. The van der Waals surface area contributed by atoms with Crippen LogP contribution < -0.4 is 5.32 Å². The maximum Gasteiger partial charge on any atom is 0.0676 e. The van der Waals surface area contributed by atoms with Crippen LogP contribution in [0.1, 0.15) is 35.6 Å². The molecule has 0 aromatic carbocycles. The summed E-state index contributed by atoms with van der Waals surface area (Å²) in [6.07, 6.45) is 3.72. The molecule has 1 unspecified atom stereocenters. The van der Waals surface area contributed by atoms with Gasteiger partial charge in [0.2, 0.25) is 0 Å². The number of hydrogen-bond acceptors (Lipinski definition) is 4. The Hall–Kier alpha value is -1.75. The van der Waals surface area contributed by atoms with Crippen molar-refractivity contribution in [1.29, 1.82) is 0 Å². The second-order valence-corrected chi connectivity index (χ2v) is 4.77. The van der Waals surface area contributed by atoms with Crippen molar-refractivity contribution in [1.82, 2.24) is 25.3 Å². The van der Waals surface area contributed by atoms with Gasteiger partial charge in [0.25, 0.3) is 0 Å². The summed E-state index contributed by atoms with van der Waals surface area (Å²) in [4.78, 5) is 0. The normalized spacial score (nSPS) is 12.6. The molecule has 0 spiro atoms. The molecule has 0 saturated carbocycles. The van der Waals surface area contributed by atoms with Crippen molar-refractivity contribution in [3.05, 3.63) is 41.0 Å². The van der Waals surface area contributed by atoms with E-state index in [1.54, 1.807) is 0 Å². The van der Waals surface area contributed by atoms with Crippen molar-refractivity contribution < 1.29 is 0 Å². The summed E-state index contributed by atoms with van der Waals surface area (Å²) < 4.78 is 1.83. The number of hydrogen-bond donors (Lipinski definition) is 1. The zero-order valence-electron chi connectivity index (χ0n) is 12.0. The van der Waals surface area contributed by atoms with Gasteiger partial charge in [0.05, 0.1) is 17.1 Å². The van der Waals surface area contributed by atoms with Crippen LogP contribution in [0.25, 0.3) is 0 Å². The Bertz CT molecular complexity index is 547. The van der Waals surface area contributed by atoms with E-state index in [4.69, 9.17) is 0 Å². The highest BCUT2D eigenvalue weighted by molar-refractivity contribution is 5.26. The molecule has 2 aromatic rings. The molecule has 0 aliphatic rings. The highest BCUT2D eigenvalue weighted by atomic mass is 15.2.